The number of nitrogens with zero attached hydrogens (tertiary/aromatic N) is 2. The summed E-state index contributed by atoms with van der Waals surface area (Å²) in [6.45, 7) is 0.135. The Balaban J connectivity index is 1.76. The van der Waals surface area contributed by atoms with Gasteiger partial charge in [0.2, 0.25) is 5.91 Å². The van der Waals surface area contributed by atoms with Crippen molar-refractivity contribution in [2.75, 3.05) is 17.7 Å². The molecular formula is C18H19Cl2N3O3S. The first-order valence-electron chi connectivity index (χ1n) is 8.61. The normalized spacial score (nSPS) is 13.3. The number of carbonyl (C=O) groups excluding carboxylic acids is 1. The summed E-state index contributed by atoms with van der Waals surface area (Å²) in [5, 5.41) is 13.2. The van der Waals surface area contributed by atoms with Crippen LogP contribution in [0, 0.1) is 0 Å². The molecule has 1 heterocycles. The van der Waals surface area contributed by atoms with Crippen molar-refractivity contribution in [1.29, 1.82) is 0 Å². The molecule has 0 spiro atoms. The quantitative estimate of drug-likeness (QED) is 0.546. The topological polar surface area (TPSA) is 84.2 Å². The van der Waals surface area contributed by atoms with E-state index in [9.17, 15) is 14.7 Å². The van der Waals surface area contributed by atoms with Gasteiger partial charge in [0.15, 0.2) is 0 Å². The molecule has 1 aromatic carbocycles. The Kier molecular flexibility index (Phi) is 6.81. The Morgan fingerprint density at radius 2 is 2.07 bits per heavy atom. The average molecular weight is 428 g/mol. The molecule has 1 aliphatic carbocycles. The summed E-state index contributed by atoms with van der Waals surface area (Å²) in [5.74, 6) is -0.152. The fraction of sp³-hybridized carbons (Fsp3) is 0.389. The Labute approximate surface area is 170 Å². The summed E-state index contributed by atoms with van der Waals surface area (Å²) < 4.78 is 1.55. The van der Waals surface area contributed by atoms with Crippen LogP contribution < -0.4 is 11.0 Å². The average Bonchev–Trinajstić information content (AvgIpc) is 2.66. The van der Waals surface area contributed by atoms with Gasteiger partial charge in [-0.2, -0.15) is 4.98 Å². The number of anilines is 1. The van der Waals surface area contributed by atoms with Crippen LogP contribution in [0.3, 0.4) is 0 Å². The smallest absolute Gasteiger partial charge is 0.348 e. The van der Waals surface area contributed by atoms with Gasteiger partial charge >= 0.3 is 5.69 Å². The SMILES string of the molecule is O=C(CSc1nc(=O)n(CCO)c2c1CCCC2)Nc1cccc(Cl)c1Cl. The van der Waals surface area contributed by atoms with Gasteiger partial charge in [0, 0.05) is 11.3 Å². The molecule has 0 bridgehead atoms. The van der Waals surface area contributed by atoms with Crippen molar-refractivity contribution < 1.29 is 9.90 Å². The molecule has 2 N–H and O–H groups in total. The van der Waals surface area contributed by atoms with E-state index in [1.54, 1.807) is 22.8 Å². The number of fused-ring (bicyclic) bond motifs is 1. The van der Waals surface area contributed by atoms with Crippen molar-refractivity contribution in [3.05, 3.63) is 50.0 Å². The second-order valence-corrected chi connectivity index (χ2v) is 7.89. The minimum absolute atomic E-state index is 0.103. The zero-order valence-corrected chi connectivity index (χ0v) is 16.8. The van der Waals surface area contributed by atoms with Crippen molar-refractivity contribution in [3.8, 4) is 0 Å². The number of aromatic nitrogens is 2. The lowest BCUT2D eigenvalue weighted by Crippen LogP contribution is -2.31. The molecule has 9 heteroatoms. The molecule has 1 aromatic heterocycles. The monoisotopic (exact) mass is 427 g/mol. The Morgan fingerprint density at radius 3 is 2.85 bits per heavy atom. The third-order valence-electron chi connectivity index (χ3n) is 4.34. The van der Waals surface area contributed by atoms with Crippen LogP contribution >= 0.6 is 35.0 Å². The van der Waals surface area contributed by atoms with Crippen molar-refractivity contribution in [1.82, 2.24) is 9.55 Å². The molecule has 0 saturated heterocycles. The van der Waals surface area contributed by atoms with Gasteiger partial charge in [-0.1, -0.05) is 41.0 Å². The molecule has 144 valence electrons. The van der Waals surface area contributed by atoms with Gasteiger partial charge in [0.1, 0.15) is 5.03 Å². The zero-order valence-electron chi connectivity index (χ0n) is 14.5. The first-order chi connectivity index (χ1) is 13.0. The molecule has 1 aliphatic rings. The standard InChI is InChI=1S/C18H19Cl2N3O3S/c19-12-5-3-6-13(16(12)20)21-15(25)10-27-17-11-4-1-2-7-14(11)23(8-9-24)18(26)22-17/h3,5-6,24H,1-2,4,7-10H2,(H,21,25). The van der Waals surface area contributed by atoms with Gasteiger partial charge in [0.05, 0.1) is 34.6 Å². The number of rotatable bonds is 6. The van der Waals surface area contributed by atoms with Crippen LogP contribution in [0.5, 0.6) is 0 Å². The first kappa shape index (κ1) is 20.2. The lowest BCUT2D eigenvalue weighted by atomic mass is 9.97. The Bertz CT molecular complexity index is 917. The van der Waals surface area contributed by atoms with Gasteiger partial charge in [-0.25, -0.2) is 4.79 Å². The van der Waals surface area contributed by atoms with Gasteiger partial charge in [0.25, 0.3) is 0 Å². The van der Waals surface area contributed by atoms with Crippen molar-refractivity contribution in [2.45, 2.75) is 37.3 Å². The molecule has 0 radical (unpaired) electrons. The van der Waals surface area contributed by atoms with E-state index in [-0.39, 0.29) is 30.5 Å². The van der Waals surface area contributed by atoms with Gasteiger partial charge in [-0.3, -0.25) is 9.36 Å². The molecule has 27 heavy (non-hydrogen) atoms. The van der Waals surface area contributed by atoms with Crippen LogP contribution in [0.25, 0.3) is 0 Å². The highest BCUT2D eigenvalue weighted by Crippen LogP contribution is 2.31. The van der Waals surface area contributed by atoms with Gasteiger partial charge in [-0.15, -0.1) is 0 Å². The zero-order chi connectivity index (χ0) is 19.4. The molecule has 6 nitrogen and oxygen atoms in total. The predicted octanol–water partition coefficient (Wildman–Crippen LogP) is 3.15. The molecule has 2 aromatic rings. The van der Waals surface area contributed by atoms with Crippen molar-refractivity contribution in [2.24, 2.45) is 0 Å². The van der Waals surface area contributed by atoms with Gasteiger partial charge < -0.3 is 10.4 Å². The number of hydrogen-bond donors (Lipinski definition) is 2. The number of aliphatic hydroxyl groups excluding tert-OH is 1. The van der Waals surface area contributed by atoms with Crippen LogP contribution in [-0.4, -0.2) is 32.9 Å². The van der Waals surface area contributed by atoms with Crippen LogP contribution in [0.15, 0.2) is 28.0 Å². The summed E-state index contributed by atoms with van der Waals surface area (Å²) in [4.78, 5) is 28.8. The maximum Gasteiger partial charge on any atom is 0.348 e. The second kappa shape index (κ2) is 9.10. The van der Waals surface area contributed by atoms with Crippen LogP contribution in [0.1, 0.15) is 24.1 Å². The van der Waals surface area contributed by atoms with E-state index < -0.39 is 0 Å². The minimum atomic E-state index is -0.384. The first-order valence-corrected chi connectivity index (χ1v) is 10.4. The molecule has 1 amide bonds. The number of halogens is 2. The third kappa shape index (κ3) is 4.66. The predicted molar refractivity (Wildman–Crippen MR) is 108 cm³/mol. The number of aliphatic hydroxyl groups is 1. The molecular weight excluding hydrogens is 409 g/mol. The molecule has 0 atom stereocenters. The summed E-state index contributed by atoms with van der Waals surface area (Å²) >= 11 is 13.3. The highest BCUT2D eigenvalue weighted by Gasteiger charge is 2.21. The molecule has 0 aliphatic heterocycles. The summed E-state index contributed by atoms with van der Waals surface area (Å²) in [5.41, 5.74) is 2.00. The minimum Gasteiger partial charge on any atom is -0.395 e. The van der Waals surface area contributed by atoms with E-state index in [1.807, 2.05) is 0 Å². The molecule has 0 fully saturated rings. The molecule has 0 saturated carbocycles. The van der Waals surface area contributed by atoms with E-state index in [4.69, 9.17) is 23.2 Å². The van der Waals surface area contributed by atoms with Crippen molar-refractivity contribution in [3.63, 3.8) is 0 Å². The lowest BCUT2D eigenvalue weighted by molar-refractivity contribution is -0.113. The highest BCUT2D eigenvalue weighted by atomic mass is 35.5. The van der Waals surface area contributed by atoms with Crippen LogP contribution in [0.2, 0.25) is 10.0 Å². The Morgan fingerprint density at radius 1 is 1.30 bits per heavy atom. The van der Waals surface area contributed by atoms with Crippen LogP contribution in [-0.2, 0) is 24.2 Å². The summed E-state index contributed by atoms with van der Waals surface area (Å²) in [6.07, 6.45) is 3.62. The van der Waals surface area contributed by atoms with Crippen molar-refractivity contribution >= 4 is 46.6 Å². The lowest BCUT2D eigenvalue weighted by Gasteiger charge is -2.22. The van der Waals surface area contributed by atoms with E-state index in [0.717, 1.165) is 36.9 Å². The Hall–Kier alpha value is -1.54. The number of thioether (sulfide) groups is 1. The third-order valence-corrected chi connectivity index (χ3v) is 6.18. The number of amides is 1. The van der Waals surface area contributed by atoms with E-state index >= 15 is 0 Å². The summed E-state index contributed by atoms with van der Waals surface area (Å²) in [7, 11) is 0. The van der Waals surface area contributed by atoms with Crippen LogP contribution in [0.4, 0.5) is 5.69 Å². The number of nitrogens with one attached hydrogen (secondary N) is 1. The maximum absolute atomic E-state index is 12.3. The molecule has 3 rings (SSSR count). The second-order valence-electron chi connectivity index (χ2n) is 6.15. The molecule has 0 unspecified atom stereocenters. The number of hydrogen-bond acceptors (Lipinski definition) is 5. The fourth-order valence-electron chi connectivity index (χ4n) is 3.12. The van der Waals surface area contributed by atoms with E-state index in [2.05, 4.69) is 10.3 Å². The van der Waals surface area contributed by atoms with E-state index in [1.165, 1.54) is 11.8 Å². The highest BCUT2D eigenvalue weighted by molar-refractivity contribution is 8.00. The van der Waals surface area contributed by atoms with E-state index in [0.29, 0.717) is 20.8 Å². The largest absolute Gasteiger partial charge is 0.395 e. The van der Waals surface area contributed by atoms with Gasteiger partial charge in [-0.05, 0) is 37.8 Å². The summed E-state index contributed by atoms with van der Waals surface area (Å²) in [6, 6.07) is 5.02. The number of carbonyl (C=O) groups is 1. The fourth-order valence-corrected chi connectivity index (χ4v) is 4.34. The number of benzene rings is 1. The maximum atomic E-state index is 12.3.